The summed E-state index contributed by atoms with van der Waals surface area (Å²) in [6, 6.07) is 15.5. The van der Waals surface area contributed by atoms with Gasteiger partial charge in [0.25, 0.3) is 0 Å². The van der Waals surface area contributed by atoms with E-state index >= 15 is 0 Å². The van der Waals surface area contributed by atoms with Crippen LogP contribution >= 0.6 is 0 Å². The Morgan fingerprint density at radius 3 is 2.55 bits per heavy atom. The van der Waals surface area contributed by atoms with Crippen LogP contribution in [-0.2, 0) is 16.8 Å². The number of ether oxygens (including phenoxy) is 2. The van der Waals surface area contributed by atoms with E-state index in [1.165, 1.54) is 5.56 Å². The molecule has 6 heteroatoms. The average Bonchev–Trinajstić information content (AvgIpc) is 2.76. The molecule has 0 bridgehead atoms. The minimum atomic E-state index is -0.551. The summed E-state index contributed by atoms with van der Waals surface area (Å²) < 4.78 is 11.0. The predicted octanol–water partition coefficient (Wildman–Crippen LogP) is 2.39. The van der Waals surface area contributed by atoms with Gasteiger partial charge in [-0.1, -0.05) is 24.3 Å². The Labute approximate surface area is 172 Å². The van der Waals surface area contributed by atoms with Crippen molar-refractivity contribution in [1.29, 1.82) is 0 Å². The summed E-state index contributed by atoms with van der Waals surface area (Å²) in [5, 5.41) is 16.2. The standard InChI is InChI=1S/C23H30N2O4/c1-2-28-19-9-11-20(12-10-19)29-15-14-24-22(27)16-25-23(17-26)13-5-7-18-6-3-4-8-21(18)23/h3-4,6,8-12,25-26H,2,5,7,13-17H2,1H3,(H,24,27)/t23-/m1/s1. The Morgan fingerprint density at radius 1 is 1.10 bits per heavy atom. The first-order chi connectivity index (χ1) is 14.2. The number of aliphatic hydroxyl groups excluding tert-OH is 1. The lowest BCUT2D eigenvalue weighted by Gasteiger charge is -2.38. The van der Waals surface area contributed by atoms with Gasteiger partial charge in [-0.3, -0.25) is 10.1 Å². The van der Waals surface area contributed by atoms with Gasteiger partial charge in [0.15, 0.2) is 0 Å². The highest BCUT2D eigenvalue weighted by molar-refractivity contribution is 5.78. The summed E-state index contributed by atoms with van der Waals surface area (Å²) in [6.45, 7) is 3.49. The maximum Gasteiger partial charge on any atom is 0.234 e. The molecule has 6 nitrogen and oxygen atoms in total. The molecule has 0 unspecified atom stereocenters. The fourth-order valence-electron chi connectivity index (χ4n) is 3.79. The van der Waals surface area contributed by atoms with Crippen molar-refractivity contribution in [2.24, 2.45) is 0 Å². The van der Waals surface area contributed by atoms with Gasteiger partial charge in [0.2, 0.25) is 5.91 Å². The number of carbonyl (C=O) groups excluding carboxylic acids is 1. The number of aliphatic hydroxyl groups is 1. The Kier molecular flexibility index (Phi) is 7.49. The zero-order valence-corrected chi connectivity index (χ0v) is 16.9. The molecule has 0 heterocycles. The number of fused-ring (bicyclic) bond motifs is 1. The van der Waals surface area contributed by atoms with E-state index in [0.717, 1.165) is 36.3 Å². The first-order valence-corrected chi connectivity index (χ1v) is 10.2. The largest absolute Gasteiger partial charge is 0.494 e. The van der Waals surface area contributed by atoms with Crippen LogP contribution in [0.25, 0.3) is 0 Å². The average molecular weight is 399 g/mol. The van der Waals surface area contributed by atoms with E-state index in [2.05, 4.69) is 16.7 Å². The highest BCUT2D eigenvalue weighted by Gasteiger charge is 2.35. The molecule has 1 atom stereocenters. The summed E-state index contributed by atoms with van der Waals surface area (Å²) in [4.78, 5) is 12.3. The number of amides is 1. The molecule has 1 aliphatic rings. The van der Waals surface area contributed by atoms with Crippen LogP contribution in [0.4, 0.5) is 0 Å². The maximum atomic E-state index is 12.3. The molecule has 2 aromatic carbocycles. The maximum absolute atomic E-state index is 12.3. The molecular weight excluding hydrogens is 368 g/mol. The Hall–Kier alpha value is -2.57. The minimum Gasteiger partial charge on any atom is -0.494 e. The van der Waals surface area contributed by atoms with E-state index in [-0.39, 0.29) is 19.1 Å². The van der Waals surface area contributed by atoms with Crippen molar-refractivity contribution in [2.75, 3.05) is 32.9 Å². The number of rotatable bonds is 10. The highest BCUT2D eigenvalue weighted by Crippen LogP contribution is 2.34. The van der Waals surface area contributed by atoms with Crippen LogP contribution in [0.1, 0.15) is 30.9 Å². The second kappa shape index (κ2) is 10.3. The molecule has 2 aromatic rings. The second-order valence-electron chi connectivity index (χ2n) is 7.21. The van der Waals surface area contributed by atoms with Crippen molar-refractivity contribution in [2.45, 2.75) is 31.7 Å². The topological polar surface area (TPSA) is 79.8 Å². The fraction of sp³-hybridized carbons (Fsp3) is 0.435. The summed E-state index contributed by atoms with van der Waals surface area (Å²) in [5.74, 6) is 1.43. The molecule has 1 aliphatic carbocycles. The summed E-state index contributed by atoms with van der Waals surface area (Å²) in [6.07, 6.45) is 2.81. The van der Waals surface area contributed by atoms with Crippen molar-refractivity contribution in [3.05, 3.63) is 59.7 Å². The summed E-state index contributed by atoms with van der Waals surface area (Å²) in [5.41, 5.74) is 1.79. The second-order valence-corrected chi connectivity index (χ2v) is 7.21. The lowest BCUT2D eigenvalue weighted by Crippen LogP contribution is -2.51. The predicted molar refractivity (Wildman–Crippen MR) is 112 cm³/mol. The van der Waals surface area contributed by atoms with Crippen molar-refractivity contribution in [3.63, 3.8) is 0 Å². The quantitative estimate of drug-likeness (QED) is 0.536. The van der Waals surface area contributed by atoms with Crippen molar-refractivity contribution in [1.82, 2.24) is 10.6 Å². The molecule has 3 N–H and O–H groups in total. The Bertz CT molecular complexity index is 794. The monoisotopic (exact) mass is 398 g/mol. The van der Waals surface area contributed by atoms with Crippen LogP contribution < -0.4 is 20.1 Å². The molecular formula is C23H30N2O4. The third kappa shape index (κ3) is 5.49. The number of benzene rings is 2. The fourth-order valence-corrected chi connectivity index (χ4v) is 3.79. The summed E-state index contributed by atoms with van der Waals surface area (Å²) in [7, 11) is 0. The van der Waals surface area contributed by atoms with E-state index < -0.39 is 5.54 Å². The van der Waals surface area contributed by atoms with E-state index in [1.807, 2.05) is 49.4 Å². The highest BCUT2D eigenvalue weighted by atomic mass is 16.5. The smallest absolute Gasteiger partial charge is 0.234 e. The molecule has 3 rings (SSSR count). The van der Waals surface area contributed by atoms with Gasteiger partial charge < -0.3 is 19.9 Å². The van der Waals surface area contributed by atoms with Crippen LogP contribution in [0.5, 0.6) is 11.5 Å². The molecule has 0 fully saturated rings. The Morgan fingerprint density at radius 2 is 1.83 bits per heavy atom. The van der Waals surface area contributed by atoms with Gasteiger partial charge in [0, 0.05) is 0 Å². The van der Waals surface area contributed by atoms with E-state index in [0.29, 0.717) is 19.8 Å². The number of hydrogen-bond acceptors (Lipinski definition) is 5. The molecule has 0 saturated carbocycles. The molecule has 0 spiro atoms. The zero-order valence-electron chi connectivity index (χ0n) is 16.9. The molecule has 0 aromatic heterocycles. The van der Waals surface area contributed by atoms with Gasteiger partial charge in [0.05, 0.1) is 31.8 Å². The van der Waals surface area contributed by atoms with Crippen LogP contribution in [0.2, 0.25) is 0 Å². The molecule has 1 amide bonds. The van der Waals surface area contributed by atoms with Gasteiger partial charge in [0.1, 0.15) is 18.1 Å². The first-order valence-electron chi connectivity index (χ1n) is 10.2. The van der Waals surface area contributed by atoms with Crippen LogP contribution in [0.3, 0.4) is 0 Å². The van der Waals surface area contributed by atoms with E-state index in [4.69, 9.17) is 9.47 Å². The van der Waals surface area contributed by atoms with E-state index in [1.54, 1.807) is 0 Å². The van der Waals surface area contributed by atoms with Crippen molar-refractivity contribution < 1.29 is 19.4 Å². The van der Waals surface area contributed by atoms with Crippen molar-refractivity contribution in [3.8, 4) is 11.5 Å². The van der Waals surface area contributed by atoms with Crippen LogP contribution in [-0.4, -0.2) is 43.9 Å². The van der Waals surface area contributed by atoms with Crippen molar-refractivity contribution >= 4 is 5.91 Å². The third-order valence-corrected chi connectivity index (χ3v) is 5.27. The van der Waals surface area contributed by atoms with E-state index in [9.17, 15) is 9.90 Å². The normalized spacial score (nSPS) is 18.0. The summed E-state index contributed by atoms with van der Waals surface area (Å²) >= 11 is 0. The number of nitrogens with one attached hydrogen (secondary N) is 2. The number of hydrogen-bond donors (Lipinski definition) is 3. The Balaban J connectivity index is 1.43. The molecule has 0 aliphatic heterocycles. The SMILES string of the molecule is CCOc1ccc(OCCNC(=O)CN[C@@]2(CO)CCCc3ccccc32)cc1. The van der Waals surface area contributed by atoms with Crippen LogP contribution in [0.15, 0.2) is 48.5 Å². The molecule has 0 saturated heterocycles. The molecule has 0 radical (unpaired) electrons. The number of aryl methyl sites for hydroxylation is 1. The first kappa shape index (κ1) is 21.1. The van der Waals surface area contributed by atoms with Gasteiger partial charge in [-0.15, -0.1) is 0 Å². The zero-order chi connectivity index (χ0) is 20.5. The minimum absolute atomic E-state index is 0.0296. The van der Waals surface area contributed by atoms with Gasteiger partial charge in [-0.05, 0) is 61.6 Å². The van der Waals surface area contributed by atoms with Gasteiger partial charge in [-0.25, -0.2) is 0 Å². The molecule has 156 valence electrons. The van der Waals surface area contributed by atoms with Crippen LogP contribution in [0, 0.1) is 0 Å². The molecule has 29 heavy (non-hydrogen) atoms. The lowest BCUT2D eigenvalue weighted by molar-refractivity contribution is -0.120. The third-order valence-electron chi connectivity index (χ3n) is 5.27. The number of carbonyl (C=O) groups is 1. The van der Waals surface area contributed by atoms with Gasteiger partial charge >= 0.3 is 0 Å². The van der Waals surface area contributed by atoms with Gasteiger partial charge in [-0.2, -0.15) is 0 Å². The lowest BCUT2D eigenvalue weighted by atomic mass is 9.77.